The maximum Gasteiger partial charge on any atom is 0.234 e. The normalized spacial score (nSPS) is 11.0. The summed E-state index contributed by atoms with van der Waals surface area (Å²) in [4.78, 5) is 24.6. The highest BCUT2D eigenvalue weighted by molar-refractivity contribution is 8.00. The molecule has 0 aliphatic carbocycles. The molecule has 2 amide bonds. The highest BCUT2D eigenvalue weighted by atomic mass is 32.2. The molecular formula is C23H30N2O2S. The Kier molecular flexibility index (Phi) is 8.12. The van der Waals surface area contributed by atoms with E-state index in [1.54, 1.807) is 0 Å². The van der Waals surface area contributed by atoms with Crippen LogP contribution in [0.4, 0.5) is 11.4 Å². The fourth-order valence-corrected chi connectivity index (χ4v) is 3.64. The molecule has 0 aromatic heterocycles. The molecule has 28 heavy (non-hydrogen) atoms. The van der Waals surface area contributed by atoms with Crippen molar-refractivity contribution in [3.63, 3.8) is 0 Å². The molecule has 5 heteroatoms. The van der Waals surface area contributed by atoms with Crippen molar-refractivity contribution >= 4 is 35.0 Å². The molecule has 2 N–H and O–H groups in total. The summed E-state index contributed by atoms with van der Waals surface area (Å²) in [7, 11) is 0. The molecule has 0 saturated carbocycles. The Bertz CT molecular complexity index is 805. The second-order valence-corrected chi connectivity index (χ2v) is 8.57. The van der Waals surface area contributed by atoms with Crippen molar-refractivity contribution in [1.82, 2.24) is 0 Å². The van der Waals surface area contributed by atoms with Gasteiger partial charge in [0.1, 0.15) is 0 Å². The predicted molar refractivity (Wildman–Crippen MR) is 120 cm³/mol. The molecule has 2 aromatic carbocycles. The minimum absolute atomic E-state index is 0.0802. The number of benzene rings is 2. The zero-order valence-corrected chi connectivity index (χ0v) is 18.2. The molecule has 0 saturated heterocycles. The highest BCUT2D eigenvalue weighted by Crippen LogP contribution is 2.32. The molecule has 0 atom stereocenters. The number of thioether (sulfide) groups is 1. The minimum atomic E-state index is -0.103. The Morgan fingerprint density at radius 2 is 1.39 bits per heavy atom. The predicted octanol–water partition coefficient (Wildman–Crippen LogP) is 5.55. The van der Waals surface area contributed by atoms with Crippen LogP contribution in [-0.2, 0) is 9.59 Å². The van der Waals surface area contributed by atoms with E-state index in [0.29, 0.717) is 11.8 Å². The average Bonchev–Trinajstić information content (AvgIpc) is 2.61. The van der Waals surface area contributed by atoms with Gasteiger partial charge in [0.05, 0.1) is 11.5 Å². The molecule has 0 aliphatic heterocycles. The van der Waals surface area contributed by atoms with Gasteiger partial charge in [0.15, 0.2) is 0 Å². The van der Waals surface area contributed by atoms with E-state index in [1.165, 1.54) is 11.8 Å². The molecule has 0 radical (unpaired) electrons. The second-order valence-electron chi connectivity index (χ2n) is 7.58. The van der Waals surface area contributed by atoms with Crippen LogP contribution in [0.3, 0.4) is 0 Å². The topological polar surface area (TPSA) is 58.2 Å². The van der Waals surface area contributed by atoms with Gasteiger partial charge in [0, 0.05) is 11.4 Å². The van der Waals surface area contributed by atoms with Crippen molar-refractivity contribution in [2.45, 2.75) is 46.5 Å². The van der Waals surface area contributed by atoms with Crippen LogP contribution in [0.5, 0.6) is 0 Å². The van der Waals surface area contributed by atoms with Gasteiger partial charge in [-0.15, -0.1) is 11.8 Å². The third-order valence-corrected chi connectivity index (χ3v) is 5.34. The van der Waals surface area contributed by atoms with Crippen molar-refractivity contribution in [3.05, 3.63) is 59.2 Å². The van der Waals surface area contributed by atoms with E-state index in [0.717, 1.165) is 28.1 Å². The fourth-order valence-electron chi connectivity index (χ4n) is 3.03. The number of nitrogens with one attached hydrogen (secondary N) is 2. The van der Waals surface area contributed by atoms with Gasteiger partial charge in [-0.25, -0.2) is 0 Å². The first-order valence-electron chi connectivity index (χ1n) is 9.64. The van der Waals surface area contributed by atoms with Gasteiger partial charge in [-0.05, 0) is 47.6 Å². The minimum Gasteiger partial charge on any atom is -0.325 e. The van der Waals surface area contributed by atoms with Crippen LogP contribution in [0.15, 0.2) is 42.5 Å². The number of hydrogen-bond acceptors (Lipinski definition) is 3. The SMILES string of the molecule is Cc1cccc(NC(=O)CSCC(=O)Nc2c(C(C)C)cccc2C(C)C)c1. The van der Waals surface area contributed by atoms with E-state index in [9.17, 15) is 9.59 Å². The second kappa shape index (κ2) is 10.3. The first kappa shape index (κ1) is 22.0. The van der Waals surface area contributed by atoms with Gasteiger partial charge in [-0.3, -0.25) is 9.59 Å². The lowest BCUT2D eigenvalue weighted by Gasteiger charge is -2.20. The van der Waals surface area contributed by atoms with Crippen molar-refractivity contribution in [3.8, 4) is 0 Å². The molecule has 0 heterocycles. The van der Waals surface area contributed by atoms with Crippen LogP contribution < -0.4 is 10.6 Å². The van der Waals surface area contributed by atoms with E-state index in [-0.39, 0.29) is 23.3 Å². The Hall–Kier alpha value is -2.27. The summed E-state index contributed by atoms with van der Waals surface area (Å²) >= 11 is 1.32. The van der Waals surface area contributed by atoms with Crippen LogP contribution in [-0.4, -0.2) is 23.3 Å². The van der Waals surface area contributed by atoms with Crippen molar-refractivity contribution in [2.24, 2.45) is 0 Å². The molecule has 0 bridgehead atoms. The maximum absolute atomic E-state index is 12.5. The average molecular weight is 399 g/mol. The Morgan fingerprint density at radius 3 is 1.93 bits per heavy atom. The zero-order chi connectivity index (χ0) is 20.7. The first-order valence-corrected chi connectivity index (χ1v) is 10.8. The quantitative estimate of drug-likeness (QED) is 0.613. The van der Waals surface area contributed by atoms with Crippen LogP contribution >= 0.6 is 11.8 Å². The molecule has 2 rings (SSSR count). The van der Waals surface area contributed by atoms with Crippen molar-refractivity contribution in [2.75, 3.05) is 22.1 Å². The number of carbonyl (C=O) groups excluding carboxylic acids is 2. The summed E-state index contributed by atoms with van der Waals surface area (Å²) in [5, 5.41) is 5.94. The molecular weight excluding hydrogens is 368 g/mol. The number of aryl methyl sites for hydroxylation is 1. The van der Waals surface area contributed by atoms with Crippen LogP contribution in [0.25, 0.3) is 0 Å². The number of hydrogen-bond donors (Lipinski definition) is 2. The van der Waals surface area contributed by atoms with E-state index >= 15 is 0 Å². The number of para-hydroxylation sites is 1. The molecule has 0 aliphatic rings. The Morgan fingerprint density at radius 1 is 0.857 bits per heavy atom. The van der Waals surface area contributed by atoms with Gasteiger partial charge in [-0.2, -0.15) is 0 Å². The van der Waals surface area contributed by atoms with E-state index in [1.807, 2.05) is 37.3 Å². The monoisotopic (exact) mass is 398 g/mol. The molecule has 0 unspecified atom stereocenters. The van der Waals surface area contributed by atoms with Crippen LogP contribution in [0.2, 0.25) is 0 Å². The maximum atomic E-state index is 12.5. The molecule has 4 nitrogen and oxygen atoms in total. The van der Waals surface area contributed by atoms with Crippen molar-refractivity contribution in [1.29, 1.82) is 0 Å². The van der Waals surface area contributed by atoms with Crippen molar-refractivity contribution < 1.29 is 9.59 Å². The van der Waals surface area contributed by atoms with Gasteiger partial charge < -0.3 is 10.6 Å². The van der Waals surface area contributed by atoms with E-state index in [4.69, 9.17) is 0 Å². The van der Waals surface area contributed by atoms with Gasteiger partial charge in [0.2, 0.25) is 11.8 Å². The van der Waals surface area contributed by atoms with Gasteiger partial charge in [-0.1, -0.05) is 58.0 Å². The fraction of sp³-hybridized carbons (Fsp3) is 0.391. The van der Waals surface area contributed by atoms with E-state index in [2.05, 4.69) is 50.5 Å². The van der Waals surface area contributed by atoms with Crippen LogP contribution in [0, 0.1) is 6.92 Å². The Balaban J connectivity index is 1.91. The highest BCUT2D eigenvalue weighted by Gasteiger charge is 2.16. The van der Waals surface area contributed by atoms with Gasteiger partial charge in [0.25, 0.3) is 0 Å². The van der Waals surface area contributed by atoms with E-state index < -0.39 is 0 Å². The molecule has 0 spiro atoms. The molecule has 150 valence electrons. The smallest absolute Gasteiger partial charge is 0.234 e. The summed E-state index contributed by atoms with van der Waals surface area (Å²) in [6.45, 7) is 10.5. The van der Waals surface area contributed by atoms with Gasteiger partial charge >= 0.3 is 0 Å². The Labute approximate surface area is 172 Å². The lowest BCUT2D eigenvalue weighted by atomic mass is 9.92. The van der Waals surface area contributed by atoms with Crippen LogP contribution in [0.1, 0.15) is 56.2 Å². The zero-order valence-electron chi connectivity index (χ0n) is 17.3. The third kappa shape index (κ3) is 6.41. The summed E-state index contributed by atoms with van der Waals surface area (Å²) in [6.07, 6.45) is 0. The third-order valence-electron chi connectivity index (χ3n) is 4.41. The number of carbonyl (C=O) groups is 2. The standard InChI is InChI=1S/C23H30N2O2S/c1-15(2)19-10-7-11-20(16(3)4)23(19)25-22(27)14-28-13-21(26)24-18-9-6-8-17(5)12-18/h6-12,15-16H,13-14H2,1-5H3,(H,24,26)(H,25,27). The molecule has 0 fully saturated rings. The summed E-state index contributed by atoms with van der Waals surface area (Å²) in [5.74, 6) is 0.941. The summed E-state index contributed by atoms with van der Waals surface area (Å²) in [5.41, 5.74) is 5.07. The number of rotatable bonds is 8. The summed E-state index contributed by atoms with van der Waals surface area (Å²) in [6, 6.07) is 13.8. The first-order chi connectivity index (χ1) is 13.3. The summed E-state index contributed by atoms with van der Waals surface area (Å²) < 4.78 is 0. The number of amides is 2. The molecule has 2 aromatic rings. The lowest BCUT2D eigenvalue weighted by molar-refractivity contribution is -0.114. The number of anilines is 2. The largest absolute Gasteiger partial charge is 0.325 e. The lowest BCUT2D eigenvalue weighted by Crippen LogP contribution is -2.20.